The van der Waals surface area contributed by atoms with Crippen LogP contribution < -0.4 is 5.32 Å². The van der Waals surface area contributed by atoms with Crippen molar-refractivity contribution in [1.82, 2.24) is 15.1 Å². The number of aliphatic carboxylic acids is 1. The van der Waals surface area contributed by atoms with Crippen LogP contribution in [0, 0.1) is 23.2 Å². The average molecular weight is 592 g/mol. The summed E-state index contributed by atoms with van der Waals surface area (Å²) in [5.74, 6) is -1.15. The highest BCUT2D eigenvalue weighted by molar-refractivity contribution is 6.45. The van der Waals surface area contributed by atoms with Crippen LogP contribution in [0.3, 0.4) is 0 Å². The van der Waals surface area contributed by atoms with Crippen molar-refractivity contribution in [2.75, 3.05) is 13.1 Å². The second kappa shape index (κ2) is 10.3. The molecule has 3 heterocycles. The number of carboxylic acids is 1. The number of carboxylic acid groups (broad SMARTS) is 2. The monoisotopic (exact) mass is 591 g/mol. The zero-order valence-electron chi connectivity index (χ0n) is 25.8. The molecule has 3 amide bonds. The largest absolute Gasteiger partial charge is 0.479 e. The van der Waals surface area contributed by atoms with Gasteiger partial charge in [0, 0.05) is 19.0 Å². The molecule has 234 valence electrons. The second-order valence-corrected chi connectivity index (χ2v) is 14.8. The van der Waals surface area contributed by atoms with Crippen LogP contribution in [0.25, 0.3) is 0 Å². The van der Waals surface area contributed by atoms with E-state index < -0.39 is 60.3 Å². The number of piperidine rings is 1. The first kappa shape index (κ1) is 30.9. The zero-order chi connectivity index (χ0) is 31.0. The van der Waals surface area contributed by atoms with Gasteiger partial charge in [-0.2, -0.15) is 0 Å². The molecule has 12 nitrogen and oxygen atoms in total. The van der Waals surface area contributed by atoms with E-state index in [0.29, 0.717) is 31.0 Å². The maximum atomic E-state index is 13.5. The van der Waals surface area contributed by atoms with E-state index in [2.05, 4.69) is 26.1 Å². The van der Waals surface area contributed by atoms with Crippen LogP contribution in [-0.4, -0.2) is 99.2 Å². The lowest BCUT2D eigenvalue weighted by Crippen LogP contribution is -2.65. The lowest BCUT2D eigenvalue weighted by Gasteiger charge is -2.64. The van der Waals surface area contributed by atoms with Gasteiger partial charge in [-0.15, -0.1) is 0 Å². The van der Waals surface area contributed by atoms with Crippen molar-refractivity contribution in [3.8, 4) is 0 Å². The van der Waals surface area contributed by atoms with Crippen molar-refractivity contribution in [1.29, 1.82) is 0 Å². The minimum absolute atomic E-state index is 0.0323. The van der Waals surface area contributed by atoms with Gasteiger partial charge in [-0.3, -0.25) is 9.69 Å². The molecule has 42 heavy (non-hydrogen) atoms. The molecule has 6 aliphatic rings. The van der Waals surface area contributed by atoms with Crippen LogP contribution in [0.5, 0.6) is 0 Å². The lowest BCUT2D eigenvalue weighted by atomic mass is 9.43. The normalized spacial score (nSPS) is 37.0. The Kier molecular flexibility index (Phi) is 7.57. The predicted octanol–water partition coefficient (Wildman–Crippen LogP) is 3.44. The topological polar surface area (TPSA) is 155 Å². The van der Waals surface area contributed by atoms with Gasteiger partial charge in [0.1, 0.15) is 17.2 Å². The van der Waals surface area contributed by atoms with Gasteiger partial charge in [-0.25, -0.2) is 14.4 Å². The summed E-state index contributed by atoms with van der Waals surface area (Å²) >= 11 is 0. The Morgan fingerprint density at radius 2 is 1.83 bits per heavy atom. The molecule has 13 heteroatoms. The molecule has 3 saturated heterocycles. The molecule has 3 aliphatic heterocycles. The number of amides is 3. The number of carbonyl (C=O) groups excluding carboxylic acids is 2. The first-order valence-corrected chi connectivity index (χ1v) is 15.3. The quantitative estimate of drug-likeness (QED) is 0.378. The van der Waals surface area contributed by atoms with Crippen LogP contribution in [-0.2, 0) is 23.6 Å². The van der Waals surface area contributed by atoms with E-state index in [9.17, 15) is 29.4 Å². The number of nitrogens with zero attached hydrogens (tertiary/aromatic N) is 2. The van der Waals surface area contributed by atoms with Crippen LogP contribution in [0.15, 0.2) is 0 Å². The fraction of sp³-hybridized carbons (Fsp3) is 0.862. The summed E-state index contributed by atoms with van der Waals surface area (Å²) in [4.78, 5) is 53.4. The average Bonchev–Trinajstić information content (AvgIpc) is 3.31. The van der Waals surface area contributed by atoms with Crippen LogP contribution in [0.4, 0.5) is 9.59 Å². The molecular weight excluding hydrogens is 545 g/mol. The highest BCUT2D eigenvalue weighted by Gasteiger charge is 2.68. The van der Waals surface area contributed by atoms with Crippen molar-refractivity contribution >= 4 is 31.2 Å². The number of rotatable bonds is 7. The van der Waals surface area contributed by atoms with E-state index in [-0.39, 0.29) is 36.6 Å². The molecule has 3 unspecified atom stereocenters. The highest BCUT2D eigenvalue weighted by Crippen LogP contribution is 2.65. The summed E-state index contributed by atoms with van der Waals surface area (Å²) in [6.07, 6.45) is 1.59. The molecule has 0 aromatic carbocycles. The Morgan fingerprint density at radius 3 is 2.43 bits per heavy atom. The number of hydrogen-bond donors (Lipinski definition) is 3. The maximum absolute atomic E-state index is 13.5. The Morgan fingerprint density at radius 1 is 1.14 bits per heavy atom. The van der Waals surface area contributed by atoms with E-state index in [1.165, 1.54) is 0 Å². The van der Waals surface area contributed by atoms with Gasteiger partial charge in [0.05, 0.1) is 17.7 Å². The minimum Gasteiger partial charge on any atom is -0.479 e. The number of ether oxygens (including phenoxy) is 1. The number of fused-ring (bicyclic) bond motifs is 2. The van der Waals surface area contributed by atoms with Crippen LogP contribution in [0.2, 0.25) is 6.32 Å². The maximum Gasteiger partial charge on any atom is 0.457 e. The number of likely N-dealkylation sites (tertiary alicyclic amines) is 2. The smallest absolute Gasteiger partial charge is 0.457 e. The SMILES string of the molecule is CC(NC(=O)OC(C)(C)C)C(=O)N1CC[C@]2(C(=O)O)C(CCCB3O[C@@H]4C[C@@H]5C[C@@H](C5(C)C)[C@]4(C)O3)C1CN2C(=O)O. The first-order valence-electron chi connectivity index (χ1n) is 15.3. The van der Waals surface area contributed by atoms with E-state index in [1.807, 2.05) is 0 Å². The minimum atomic E-state index is -1.63. The van der Waals surface area contributed by atoms with Gasteiger partial charge in [-0.1, -0.05) is 20.3 Å². The van der Waals surface area contributed by atoms with E-state index >= 15 is 0 Å². The molecule has 0 aromatic heterocycles. The fourth-order valence-corrected chi connectivity index (χ4v) is 8.80. The Bertz CT molecular complexity index is 1140. The van der Waals surface area contributed by atoms with Gasteiger partial charge in [0.2, 0.25) is 5.91 Å². The van der Waals surface area contributed by atoms with Gasteiger partial charge < -0.3 is 34.5 Å². The molecule has 6 rings (SSSR count). The van der Waals surface area contributed by atoms with Crippen molar-refractivity contribution in [2.45, 2.75) is 122 Å². The third kappa shape index (κ3) is 4.84. The van der Waals surface area contributed by atoms with E-state index in [0.717, 1.165) is 17.7 Å². The standard InChI is InChI=1S/C29H46BN3O9/c1-16(31-24(37)40-26(2,3)4)22(34)32-12-10-29(23(35)36)18(19(32)15-33(29)25(38)39)9-8-11-30-41-21-14-17-13-20(27(17,5)6)28(21,7)42-30/h16-21H,8-15H2,1-7H3,(H,31,37)(H,35,36)(H,38,39)/t16?,17-,18?,19?,20-,21+,28-,29+/m0/s1. The van der Waals surface area contributed by atoms with Crippen molar-refractivity contribution in [3.63, 3.8) is 0 Å². The van der Waals surface area contributed by atoms with Gasteiger partial charge in [0.15, 0.2) is 0 Å². The number of nitrogens with one attached hydrogen (secondary N) is 1. The molecule has 3 N–H and O–H groups in total. The molecule has 4 bridgehead atoms. The number of carbonyl (C=O) groups is 4. The summed E-state index contributed by atoms with van der Waals surface area (Å²) in [6, 6.07) is -1.57. The first-order chi connectivity index (χ1) is 19.4. The second-order valence-electron chi connectivity index (χ2n) is 14.8. The fourth-order valence-electron chi connectivity index (χ4n) is 8.80. The summed E-state index contributed by atoms with van der Waals surface area (Å²) in [5.41, 5.74) is -2.48. The van der Waals surface area contributed by atoms with Crippen LogP contribution in [0.1, 0.15) is 80.6 Å². The van der Waals surface area contributed by atoms with Gasteiger partial charge in [-0.05, 0) is 83.9 Å². The van der Waals surface area contributed by atoms with Crippen molar-refractivity contribution < 1.29 is 43.4 Å². The molecule has 0 aromatic rings. The summed E-state index contributed by atoms with van der Waals surface area (Å²) in [6.45, 7) is 13.4. The van der Waals surface area contributed by atoms with E-state index in [1.54, 1.807) is 32.6 Å². The Balaban J connectivity index is 1.28. The molecule has 0 spiro atoms. The molecule has 3 aliphatic carbocycles. The summed E-state index contributed by atoms with van der Waals surface area (Å²) < 4.78 is 18.2. The number of alkyl carbamates (subject to hydrolysis) is 1. The van der Waals surface area contributed by atoms with E-state index in [4.69, 9.17) is 14.0 Å². The third-order valence-corrected chi connectivity index (χ3v) is 11.0. The lowest BCUT2D eigenvalue weighted by molar-refractivity contribution is -0.199. The zero-order valence-corrected chi connectivity index (χ0v) is 25.8. The molecule has 3 saturated carbocycles. The van der Waals surface area contributed by atoms with Crippen molar-refractivity contribution in [3.05, 3.63) is 0 Å². The Hall–Kier alpha value is -2.54. The molecule has 8 atom stereocenters. The van der Waals surface area contributed by atoms with Gasteiger partial charge in [0.25, 0.3) is 0 Å². The molecular formula is C29H46BN3O9. The highest BCUT2D eigenvalue weighted by atomic mass is 16.7. The molecule has 0 radical (unpaired) electrons. The summed E-state index contributed by atoms with van der Waals surface area (Å²) in [5, 5.41) is 23.0. The third-order valence-electron chi connectivity index (χ3n) is 11.0. The Labute approximate surface area is 247 Å². The number of hydrogen-bond acceptors (Lipinski definition) is 7. The van der Waals surface area contributed by atoms with Crippen LogP contribution >= 0.6 is 0 Å². The van der Waals surface area contributed by atoms with Gasteiger partial charge >= 0.3 is 25.3 Å². The van der Waals surface area contributed by atoms with Crippen molar-refractivity contribution in [2.24, 2.45) is 23.2 Å². The predicted molar refractivity (Wildman–Crippen MR) is 152 cm³/mol. The molecule has 6 fully saturated rings. The summed E-state index contributed by atoms with van der Waals surface area (Å²) in [7, 11) is -0.400.